The summed E-state index contributed by atoms with van der Waals surface area (Å²) < 4.78 is 12.5. The summed E-state index contributed by atoms with van der Waals surface area (Å²) in [4.78, 5) is 0. The van der Waals surface area contributed by atoms with Gasteiger partial charge in [0.1, 0.15) is 11.5 Å². The van der Waals surface area contributed by atoms with Gasteiger partial charge in [-0.25, -0.2) is 0 Å². The Morgan fingerprint density at radius 2 is 0.729 bits per heavy atom. The van der Waals surface area contributed by atoms with Crippen LogP contribution in [-0.4, -0.2) is 13.2 Å². The zero-order valence-electron chi connectivity index (χ0n) is 36.8. The zero-order valence-corrected chi connectivity index (χ0v) is 37.6. The first-order valence-electron chi connectivity index (χ1n) is 23.2. The molecular weight excluding hydrogens is 740 g/mol. The van der Waals surface area contributed by atoms with Crippen LogP contribution in [0.25, 0.3) is 0 Å². The Kier molecular flexibility index (Phi) is 20.5. The molecule has 0 amide bonds. The van der Waals surface area contributed by atoms with Crippen LogP contribution in [0.3, 0.4) is 0 Å². The molecule has 5 rings (SSSR count). The van der Waals surface area contributed by atoms with E-state index in [1.165, 1.54) is 97.6 Å². The van der Waals surface area contributed by atoms with Crippen LogP contribution in [0.4, 0.5) is 0 Å². The van der Waals surface area contributed by atoms with Crippen molar-refractivity contribution >= 4 is 11.6 Å². The molecule has 0 bridgehead atoms. The molecule has 0 spiro atoms. The maximum Gasteiger partial charge on any atom is 0.119 e. The zero-order chi connectivity index (χ0) is 41.5. The van der Waals surface area contributed by atoms with Gasteiger partial charge < -0.3 is 9.47 Å². The van der Waals surface area contributed by atoms with Gasteiger partial charge in [-0.2, -0.15) is 0 Å². The second-order valence-electron chi connectivity index (χ2n) is 16.9. The molecule has 0 aromatic heterocycles. The Morgan fingerprint density at radius 1 is 0.373 bits per heavy atom. The van der Waals surface area contributed by atoms with Gasteiger partial charge in [0.2, 0.25) is 0 Å². The third-order valence-corrected chi connectivity index (χ3v) is 12.8. The predicted octanol–water partition coefficient (Wildman–Crippen LogP) is 16.9. The van der Waals surface area contributed by atoms with Crippen molar-refractivity contribution in [2.24, 2.45) is 0 Å². The average Bonchev–Trinajstić information content (AvgIpc) is 3.29. The summed E-state index contributed by atoms with van der Waals surface area (Å²) in [5, 5.41) is 0. The van der Waals surface area contributed by atoms with E-state index < -0.39 is 0 Å². The van der Waals surface area contributed by atoms with Crippen LogP contribution in [0.15, 0.2) is 133 Å². The molecule has 2 nitrogen and oxygen atoms in total. The molecular formula is C56H73ClO2. The number of halogens is 1. The van der Waals surface area contributed by atoms with Crippen LogP contribution in [0.2, 0.25) is 0 Å². The number of hydrogen-bond acceptors (Lipinski definition) is 2. The molecule has 59 heavy (non-hydrogen) atoms. The molecule has 5 aromatic rings. The maximum absolute atomic E-state index is 6.29. The van der Waals surface area contributed by atoms with E-state index in [2.05, 4.69) is 161 Å². The lowest BCUT2D eigenvalue weighted by molar-refractivity contribution is 0.266. The fraction of sp³-hybridized carbons (Fsp3) is 0.464. The van der Waals surface area contributed by atoms with Gasteiger partial charge in [-0.3, -0.25) is 0 Å². The van der Waals surface area contributed by atoms with E-state index >= 15 is 0 Å². The molecule has 3 heteroatoms. The van der Waals surface area contributed by atoms with Gasteiger partial charge in [0.15, 0.2) is 0 Å². The SMILES string of the molecule is CCCC[C@@H](CC(C[C@H](CCC)c1ccccc1)c1ccc(OCCCCOc2ccc(C(CCC)C[C@H](CCC)c3ccccc3)cc2)cc1)c1ccc(CCl)cc1. The van der Waals surface area contributed by atoms with Gasteiger partial charge in [-0.05, 0) is 145 Å². The van der Waals surface area contributed by atoms with E-state index in [1.54, 1.807) is 0 Å². The Balaban J connectivity index is 1.15. The van der Waals surface area contributed by atoms with Gasteiger partial charge >= 0.3 is 0 Å². The van der Waals surface area contributed by atoms with E-state index in [1.807, 2.05) is 0 Å². The van der Waals surface area contributed by atoms with Crippen LogP contribution in [0.5, 0.6) is 11.5 Å². The van der Waals surface area contributed by atoms with E-state index in [9.17, 15) is 0 Å². The first-order valence-corrected chi connectivity index (χ1v) is 23.8. The molecule has 0 aliphatic rings. The molecule has 0 saturated heterocycles. The third kappa shape index (κ3) is 15.2. The summed E-state index contributed by atoms with van der Waals surface area (Å²) in [7, 11) is 0. The number of rotatable bonds is 28. The highest BCUT2D eigenvalue weighted by Crippen LogP contribution is 2.41. The normalized spacial score (nSPS) is 14.0. The lowest BCUT2D eigenvalue weighted by atomic mass is 9.76. The first kappa shape index (κ1) is 46.1. The molecule has 0 saturated carbocycles. The number of ether oxygens (including phenoxy) is 2. The summed E-state index contributed by atoms with van der Waals surface area (Å²) in [5.74, 6) is 5.14. The number of hydrogen-bond donors (Lipinski definition) is 0. The molecule has 0 aliphatic heterocycles. The van der Waals surface area contributed by atoms with Crippen LogP contribution in [0, 0.1) is 0 Å². The summed E-state index contributed by atoms with van der Waals surface area (Å²) in [6.07, 6.45) is 16.3. The summed E-state index contributed by atoms with van der Waals surface area (Å²) in [6, 6.07) is 49.4. The van der Waals surface area contributed by atoms with Crippen molar-refractivity contribution in [3.63, 3.8) is 0 Å². The minimum absolute atomic E-state index is 0.450. The Bertz CT molecular complexity index is 1800. The van der Waals surface area contributed by atoms with Crippen LogP contribution < -0.4 is 9.47 Å². The van der Waals surface area contributed by atoms with Gasteiger partial charge in [0.25, 0.3) is 0 Å². The Labute approximate surface area is 364 Å². The summed E-state index contributed by atoms with van der Waals surface area (Å²) >= 11 is 6.18. The number of unbranched alkanes of at least 4 members (excludes halogenated alkanes) is 2. The van der Waals surface area contributed by atoms with Crippen molar-refractivity contribution in [3.8, 4) is 11.5 Å². The molecule has 0 N–H and O–H groups in total. The monoisotopic (exact) mass is 813 g/mol. The van der Waals surface area contributed by atoms with E-state index in [4.69, 9.17) is 21.1 Å². The molecule has 2 unspecified atom stereocenters. The van der Waals surface area contributed by atoms with Gasteiger partial charge in [-0.15, -0.1) is 11.6 Å². The second kappa shape index (κ2) is 26.3. The minimum Gasteiger partial charge on any atom is -0.494 e. The number of benzene rings is 5. The molecule has 5 aromatic carbocycles. The van der Waals surface area contributed by atoms with Crippen LogP contribution >= 0.6 is 11.6 Å². The minimum atomic E-state index is 0.450. The summed E-state index contributed by atoms with van der Waals surface area (Å²) in [6.45, 7) is 10.6. The molecule has 0 heterocycles. The lowest BCUT2D eigenvalue weighted by Crippen LogP contribution is -2.12. The highest BCUT2D eigenvalue weighted by Gasteiger charge is 2.24. The van der Waals surface area contributed by atoms with Crippen molar-refractivity contribution in [3.05, 3.63) is 167 Å². The smallest absolute Gasteiger partial charge is 0.119 e. The standard InChI is InChI=1S/C56H73ClO2/c1-5-9-21-53(47-28-26-44(43-57)27-29-47)42-54(41-52(20-8-4)46-24-14-11-15-25-46)49-32-36-56(37-33-49)59-39-17-16-38-58-55-34-30-48(31-35-55)51(19-7-3)40-50(18-6-2)45-22-12-10-13-23-45/h10-15,22-37,50-54H,5-9,16-21,38-43H2,1-4H3/t50-,51?,52-,53-,54?/m0/s1. The third-order valence-electron chi connectivity index (χ3n) is 12.5. The molecule has 0 fully saturated rings. The second-order valence-corrected chi connectivity index (χ2v) is 17.2. The fourth-order valence-corrected chi connectivity index (χ4v) is 9.34. The predicted molar refractivity (Wildman–Crippen MR) is 254 cm³/mol. The van der Waals surface area contributed by atoms with Crippen molar-refractivity contribution < 1.29 is 9.47 Å². The summed E-state index contributed by atoms with van der Waals surface area (Å²) in [5.41, 5.74) is 8.44. The van der Waals surface area contributed by atoms with Crippen molar-refractivity contribution in [2.75, 3.05) is 13.2 Å². The number of alkyl halides is 1. The largest absolute Gasteiger partial charge is 0.494 e. The van der Waals surface area contributed by atoms with Crippen molar-refractivity contribution in [1.82, 2.24) is 0 Å². The fourth-order valence-electron chi connectivity index (χ4n) is 9.16. The lowest BCUT2D eigenvalue weighted by Gasteiger charge is -2.29. The van der Waals surface area contributed by atoms with Gasteiger partial charge in [0, 0.05) is 5.88 Å². The van der Waals surface area contributed by atoms with Gasteiger partial charge in [0.05, 0.1) is 13.2 Å². The average molecular weight is 814 g/mol. The van der Waals surface area contributed by atoms with Crippen LogP contribution in [-0.2, 0) is 5.88 Å². The van der Waals surface area contributed by atoms with Crippen LogP contribution in [0.1, 0.15) is 181 Å². The van der Waals surface area contributed by atoms with Gasteiger partial charge in [-0.1, -0.05) is 169 Å². The molecule has 5 atom stereocenters. The van der Waals surface area contributed by atoms with Crippen molar-refractivity contribution in [1.29, 1.82) is 0 Å². The molecule has 0 radical (unpaired) electrons. The van der Waals surface area contributed by atoms with E-state index in [0.29, 0.717) is 48.7 Å². The highest BCUT2D eigenvalue weighted by atomic mass is 35.5. The Morgan fingerprint density at radius 3 is 1.12 bits per heavy atom. The van der Waals surface area contributed by atoms with E-state index in [-0.39, 0.29) is 0 Å². The molecule has 316 valence electrons. The Hall–Kier alpha value is -4.01. The topological polar surface area (TPSA) is 18.5 Å². The maximum atomic E-state index is 6.29. The van der Waals surface area contributed by atoms with Crippen molar-refractivity contribution in [2.45, 2.75) is 153 Å². The van der Waals surface area contributed by atoms with E-state index in [0.717, 1.165) is 37.2 Å². The first-order chi connectivity index (χ1) is 29.0. The quantitative estimate of drug-likeness (QED) is 0.0370. The highest BCUT2D eigenvalue weighted by molar-refractivity contribution is 6.17. The molecule has 0 aliphatic carbocycles.